The van der Waals surface area contributed by atoms with Crippen LogP contribution in [-0.4, -0.2) is 11.6 Å². The van der Waals surface area contributed by atoms with Gasteiger partial charge in [0.25, 0.3) is 0 Å². The summed E-state index contributed by atoms with van der Waals surface area (Å²) >= 11 is 0. The summed E-state index contributed by atoms with van der Waals surface area (Å²) in [4.78, 5) is 25.1. The van der Waals surface area contributed by atoms with Gasteiger partial charge >= 0.3 is 0 Å². The van der Waals surface area contributed by atoms with E-state index in [9.17, 15) is 9.59 Å². The minimum absolute atomic E-state index is 0.0688. The van der Waals surface area contributed by atoms with Gasteiger partial charge in [0, 0.05) is 22.3 Å². The lowest BCUT2D eigenvalue weighted by molar-refractivity contribution is 0.0947. The van der Waals surface area contributed by atoms with Crippen LogP contribution < -0.4 is 0 Å². The molecule has 1 aromatic rings. The van der Waals surface area contributed by atoms with E-state index in [1.54, 1.807) is 12.1 Å². The minimum Gasteiger partial charge on any atom is -0.289 e. The molecule has 2 aliphatic carbocycles. The van der Waals surface area contributed by atoms with Crippen LogP contribution in [0.4, 0.5) is 0 Å². The standard InChI is InChI=1S/C16H16O2/c1-9-7-8-10(2)14-13(9)15(17)11-5-3-4-6-12(11)16(14)18/h3-6,9-10H,7-8H2,1-2H3. The summed E-state index contributed by atoms with van der Waals surface area (Å²) < 4.78 is 0. The van der Waals surface area contributed by atoms with Crippen molar-refractivity contribution < 1.29 is 9.59 Å². The van der Waals surface area contributed by atoms with Gasteiger partial charge in [0.15, 0.2) is 11.6 Å². The zero-order valence-corrected chi connectivity index (χ0v) is 10.7. The van der Waals surface area contributed by atoms with E-state index in [0.717, 1.165) is 24.0 Å². The summed E-state index contributed by atoms with van der Waals surface area (Å²) in [5, 5.41) is 0. The first kappa shape index (κ1) is 11.4. The third-order valence-corrected chi connectivity index (χ3v) is 4.21. The summed E-state index contributed by atoms with van der Waals surface area (Å²) in [6, 6.07) is 7.19. The van der Waals surface area contributed by atoms with Crippen LogP contribution in [-0.2, 0) is 0 Å². The molecule has 18 heavy (non-hydrogen) atoms. The van der Waals surface area contributed by atoms with E-state index in [1.807, 2.05) is 12.1 Å². The van der Waals surface area contributed by atoms with Gasteiger partial charge in [-0.15, -0.1) is 0 Å². The number of carbonyl (C=O) groups excluding carboxylic acids is 2. The molecule has 1 aromatic carbocycles. The molecule has 0 aromatic heterocycles. The Hall–Kier alpha value is -1.70. The first-order valence-corrected chi connectivity index (χ1v) is 6.53. The number of hydrogen-bond acceptors (Lipinski definition) is 2. The summed E-state index contributed by atoms with van der Waals surface area (Å²) in [7, 11) is 0. The topological polar surface area (TPSA) is 34.1 Å². The van der Waals surface area contributed by atoms with Gasteiger partial charge in [-0.3, -0.25) is 9.59 Å². The average molecular weight is 240 g/mol. The molecule has 0 fully saturated rings. The first-order chi connectivity index (χ1) is 8.61. The third kappa shape index (κ3) is 1.41. The van der Waals surface area contributed by atoms with Crippen LogP contribution in [0.2, 0.25) is 0 Å². The molecule has 0 N–H and O–H groups in total. The Balaban J connectivity index is 2.26. The Labute approximate surface area is 107 Å². The number of hydrogen-bond donors (Lipinski definition) is 0. The Bertz CT molecular complexity index is 530. The number of ketones is 2. The normalized spacial score (nSPS) is 27.0. The van der Waals surface area contributed by atoms with E-state index in [1.165, 1.54) is 0 Å². The molecule has 2 atom stereocenters. The molecule has 0 spiro atoms. The average Bonchev–Trinajstić information content (AvgIpc) is 2.38. The van der Waals surface area contributed by atoms with Gasteiger partial charge in [-0.2, -0.15) is 0 Å². The van der Waals surface area contributed by atoms with Gasteiger partial charge < -0.3 is 0 Å². The van der Waals surface area contributed by atoms with E-state index in [0.29, 0.717) is 11.1 Å². The van der Waals surface area contributed by atoms with Crippen molar-refractivity contribution in [1.82, 2.24) is 0 Å². The Morgan fingerprint density at radius 1 is 0.833 bits per heavy atom. The lowest BCUT2D eigenvalue weighted by Gasteiger charge is -2.32. The molecule has 0 radical (unpaired) electrons. The van der Waals surface area contributed by atoms with Gasteiger partial charge in [-0.05, 0) is 24.7 Å². The molecule has 0 bridgehead atoms. The molecule has 2 aliphatic rings. The van der Waals surface area contributed by atoms with Gasteiger partial charge in [-0.25, -0.2) is 0 Å². The molecule has 0 aliphatic heterocycles. The molecular formula is C16H16O2. The number of benzene rings is 1. The summed E-state index contributed by atoms with van der Waals surface area (Å²) in [6.45, 7) is 4.11. The zero-order valence-electron chi connectivity index (χ0n) is 10.7. The Kier molecular flexibility index (Phi) is 2.47. The SMILES string of the molecule is CC1CCC(C)C2=C1C(=O)c1ccccc1C2=O. The Morgan fingerprint density at radius 3 is 1.61 bits per heavy atom. The maximum Gasteiger partial charge on any atom is 0.190 e. The fraction of sp³-hybridized carbons (Fsp3) is 0.375. The zero-order chi connectivity index (χ0) is 12.9. The molecule has 2 nitrogen and oxygen atoms in total. The molecule has 0 amide bonds. The van der Waals surface area contributed by atoms with E-state index in [4.69, 9.17) is 0 Å². The minimum atomic E-state index is 0.0688. The quantitative estimate of drug-likeness (QED) is 0.696. The highest BCUT2D eigenvalue weighted by Crippen LogP contribution is 2.40. The summed E-state index contributed by atoms with van der Waals surface area (Å²) in [5.74, 6) is 0.556. The lowest BCUT2D eigenvalue weighted by Crippen LogP contribution is -2.31. The number of carbonyl (C=O) groups is 2. The Morgan fingerprint density at radius 2 is 1.22 bits per heavy atom. The van der Waals surface area contributed by atoms with Gasteiger partial charge in [0.1, 0.15) is 0 Å². The predicted octanol–water partition coefficient (Wildman–Crippen LogP) is 3.43. The van der Waals surface area contributed by atoms with Crippen LogP contribution in [0.15, 0.2) is 35.4 Å². The molecule has 0 saturated carbocycles. The second-order valence-corrected chi connectivity index (χ2v) is 5.41. The third-order valence-electron chi connectivity index (χ3n) is 4.21. The van der Waals surface area contributed by atoms with Crippen LogP contribution in [0.3, 0.4) is 0 Å². The fourth-order valence-electron chi connectivity index (χ4n) is 3.18. The largest absolute Gasteiger partial charge is 0.289 e. The number of fused-ring (bicyclic) bond motifs is 1. The van der Waals surface area contributed by atoms with Crippen LogP contribution in [0.5, 0.6) is 0 Å². The molecule has 2 unspecified atom stereocenters. The van der Waals surface area contributed by atoms with Crippen LogP contribution in [0.25, 0.3) is 0 Å². The highest BCUT2D eigenvalue weighted by Gasteiger charge is 2.38. The van der Waals surface area contributed by atoms with Crippen molar-refractivity contribution in [3.63, 3.8) is 0 Å². The highest BCUT2D eigenvalue weighted by atomic mass is 16.1. The maximum absolute atomic E-state index is 12.5. The van der Waals surface area contributed by atoms with Crippen LogP contribution in [0.1, 0.15) is 47.4 Å². The van der Waals surface area contributed by atoms with Crippen molar-refractivity contribution in [2.75, 3.05) is 0 Å². The van der Waals surface area contributed by atoms with Crippen molar-refractivity contribution in [3.8, 4) is 0 Å². The fourth-order valence-corrected chi connectivity index (χ4v) is 3.18. The lowest BCUT2D eigenvalue weighted by atomic mass is 9.69. The molecule has 92 valence electrons. The number of Topliss-reactive ketones (excluding diaryl/α,β-unsaturated/α-hetero) is 2. The van der Waals surface area contributed by atoms with E-state index >= 15 is 0 Å². The van der Waals surface area contributed by atoms with E-state index in [-0.39, 0.29) is 23.4 Å². The van der Waals surface area contributed by atoms with Crippen molar-refractivity contribution in [1.29, 1.82) is 0 Å². The van der Waals surface area contributed by atoms with Crippen molar-refractivity contribution in [2.45, 2.75) is 26.7 Å². The van der Waals surface area contributed by atoms with Crippen molar-refractivity contribution in [3.05, 3.63) is 46.5 Å². The van der Waals surface area contributed by atoms with Gasteiger partial charge in [0.05, 0.1) is 0 Å². The number of allylic oxidation sites excluding steroid dienone is 2. The summed E-state index contributed by atoms with van der Waals surface area (Å²) in [5.41, 5.74) is 2.72. The molecular weight excluding hydrogens is 224 g/mol. The van der Waals surface area contributed by atoms with Crippen molar-refractivity contribution >= 4 is 11.6 Å². The van der Waals surface area contributed by atoms with Crippen LogP contribution >= 0.6 is 0 Å². The smallest absolute Gasteiger partial charge is 0.190 e. The first-order valence-electron chi connectivity index (χ1n) is 6.53. The molecule has 3 rings (SSSR count). The van der Waals surface area contributed by atoms with E-state index < -0.39 is 0 Å². The second-order valence-electron chi connectivity index (χ2n) is 5.41. The highest BCUT2D eigenvalue weighted by molar-refractivity contribution is 6.27. The predicted molar refractivity (Wildman–Crippen MR) is 69.7 cm³/mol. The maximum atomic E-state index is 12.5. The summed E-state index contributed by atoms with van der Waals surface area (Å²) in [6.07, 6.45) is 2.00. The number of rotatable bonds is 0. The van der Waals surface area contributed by atoms with E-state index in [2.05, 4.69) is 13.8 Å². The van der Waals surface area contributed by atoms with Gasteiger partial charge in [0.2, 0.25) is 0 Å². The van der Waals surface area contributed by atoms with Gasteiger partial charge in [-0.1, -0.05) is 38.1 Å². The van der Waals surface area contributed by atoms with Crippen LogP contribution in [0, 0.1) is 11.8 Å². The monoisotopic (exact) mass is 240 g/mol. The van der Waals surface area contributed by atoms with Crippen molar-refractivity contribution in [2.24, 2.45) is 11.8 Å². The second kappa shape index (κ2) is 3.91. The molecule has 0 heterocycles. The molecule has 2 heteroatoms. The molecule has 0 saturated heterocycles.